The smallest absolute Gasteiger partial charge is 0.395 e. The van der Waals surface area contributed by atoms with Crippen LogP contribution in [-0.4, -0.2) is 12.5 Å². The van der Waals surface area contributed by atoms with E-state index in [4.69, 9.17) is 4.74 Å². The van der Waals surface area contributed by atoms with Crippen molar-refractivity contribution in [3.8, 4) is 5.75 Å². The third kappa shape index (κ3) is 2.94. The van der Waals surface area contributed by atoms with Crippen molar-refractivity contribution in [2.24, 2.45) is 0 Å². The van der Waals surface area contributed by atoms with E-state index in [0.29, 0.717) is 5.39 Å². The van der Waals surface area contributed by atoms with Crippen LogP contribution < -0.4 is 4.74 Å². The number of fused-ring (bicyclic) bond motifs is 6. The van der Waals surface area contributed by atoms with E-state index < -0.39 is 19.0 Å². The number of benzene rings is 4. The van der Waals surface area contributed by atoms with Gasteiger partial charge in [-0.15, -0.1) is 0 Å². The molecule has 132 valence electrons. The van der Waals surface area contributed by atoms with Crippen LogP contribution in [-0.2, 0) is 0 Å². The molecule has 0 bridgehead atoms. The Morgan fingerprint density at radius 1 is 0.692 bits per heavy atom. The molecule has 0 heterocycles. The standard InChI is InChI=1S/C21H14F4O/c22-19(12-21(23,24)25)26-18-11-5-10-17-15-7-2-1-6-13(15)14-8-3-4-9-16(14)20(17)18/h1-11,19H,12H2. The zero-order chi connectivity index (χ0) is 18.3. The molecular weight excluding hydrogens is 344 g/mol. The van der Waals surface area contributed by atoms with E-state index in [-0.39, 0.29) is 5.75 Å². The average Bonchev–Trinajstić information content (AvgIpc) is 2.60. The Morgan fingerprint density at radius 3 is 1.69 bits per heavy atom. The normalized spacial score (nSPS) is 13.4. The Kier molecular flexibility index (Phi) is 3.94. The molecule has 0 N–H and O–H groups in total. The van der Waals surface area contributed by atoms with Crippen LogP contribution in [0, 0.1) is 0 Å². The molecule has 0 radical (unpaired) electrons. The fraction of sp³-hybridized carbons (Fsp3) is 0.143. The van der Waals surface area contributed by atoms with Crippen LogP contribution >= 0.6 is 0 Å². The number of hydrogen-bond donors (Lipinski definition) is 0. The van der Waals surface area contributed by atoms with Gasteiger partial charge in [-0.3, -0.25) is 0 Å². The predicted octanol–water partition coefficient (Wildman–Crippen LogP) is 6.77. The second-order valence-corrected chi connectivity index (χ2v) is 6.12. The van der Waals surface area contributed by atoms with Crippen LogP contribution in [0.2, 0.25) is 0 Å². The maximum absolute atomic E-state index is 13.9. The molecule has 0 aromatic heterocycles. The van der Waals surface area contributed by atoms with E-state index in [2.05, 4.69) is 0 Å². The van der Waals surface area contributed by atoms with Crippen LogP contribution in [0.1, 0.15) is 6.42 Å². The van der Waals surface area contributed by atoms with Gasteiger partial charge >= 0.3 is 6.18 Å². The molecule has 0 aliphatic heterocycles. The fourth-order valence-electron chi connectivity index (χ4n) is 3.38. The molecule has 0 saturated carbocycles. The predicted molar refractivity (Wildman–Crippen MR) is 95.2 cm³/mol. The Bertz CT molecular complexity index is 1060. The first-order chi connectivity index (χ1) is 12.4. The molecule has 4 aromatic rings. The van der Waals surface area contributed by atoms with Gasteiger partial charge in [-0.1, -0.05) is 60.7 Å². The largest absolute Gasteiger partial charge is 0.459 e. The van der Waals surface area contributed by atoms with Gasteiger partial charge in [-0.05, 0) is 33.0 Å². The first-order valence-electron chi connectivity index (χ1n) is 8.14. The molecule has 1 atom stereocenters. The number of hydrogen-bond acceptors (Lipinski definition) is 1. The Labute approximate surface area is 146 Å². The van der Waals surface area contributed by atoms with Gasteiger partial charge in [0.2, 0.25) is 6.36 Å². The molecule has 4 rings (SSSR count). The third-order valence-corrected chi connectivity index (χ3v) is 4.38. The van der Waals surface area contributed by atoms with Crippen LogP contribution in [0.4, 0.5) is 17.6 Å². The van der Waals surface area contributed by atoms with Gasteiger partial charge in [-0.2, -0.15) is 13.2 Å². The summed E-state index contributed by atoms with van der Waals surface area (Å²) in [6, 6.07) is 20.3. The van der Waals surface area contributed by atoms with Gasteiger partial charge < -0.3 is 4.74 Å². The van der Waals surface area contributed by atoms with Crippen molar-refractivity contribution in [3.63, 3.8) is 0 Å². The minimum Gasteiger partial charge on any atom is -0.459 e. The van der Waals surface area contributed by atoms with Crippen LogP contribution in [0.15, 0.2) is 66.7 Å². The second kappa shape index (κ2) is 6.16. The molecule has 0 spiro atoms. The molecular formula is C21H14F4O. The molecule has 0 aliphatic carbocycles. The van der Waals surface area contributed by atoms with E-state index in [1.807, 2.05) is 54.6 Å². The Hall–Kier alpha value is -2.82. The summed E-state index contributed by atoms with van der Waals surface area (Å²) in [7, 11) is 0. The quantitative estimate of drug-likeness (QED) is 0.290. The van der Waals surface area contributed by atoms with Gasteiger partial charge in [0.05, 0.1) is 0 Å². The summed E-state index contributed by atoms with van der Waals surface area (Å²) in [4.78, 5) is 0. The molecule has 0 aliphatic rings. The summed E-state index contributed by atoms with van der Waals surface area (Å²) < 4.78 is 56.4. The number of rotatable bonds is 3. The second-order valence-electron chi connectivity index (χ2n) is 6.12. The summed E-state index contributed by atoms with van der Waals surface area (Å²) in [5.41, 5.74) is 0. The van der Waals surface area contributed by atoms with Crippen LogP contribution in [0.25, 0.3) is 32.3 Å². The van der Waals surface area contributed by atoms with Crippen molar-refractivity contribution in [1.82, 2.24) is 0 Å². The third-order valence-electron chi connectivity index (χ3n) is 4.38. The zero-order valence-corrected chi connectivity index (χ0v) is 13.6. The lowest BCUT2D eigenvalue weighted by molar-refractivity contribution is -0.166. The van der Waals surface area contributed by atoms with Gasteiger partial charge in [-0.25, -0.2) is 4.39 Å². The van der Waals surface area contributed by atoms with Gasteiger partial charge in [0.15, 0.2) is 0 Å². The van der Waals surface area contributed by atoms with Gasteiger partial charge in [0.25, 0.3) is 0 Å². The SMILES string of the molecule is FC(CC(F)(F)F)Oc1cccc2c3ccccc3c3ccccc3c12. The summed E-state index contributed by atoms with van der Waals surface area (Å²) >= 11 is 0. The topological polar surface area (TPSA) is 9.23 Å². The highest BCUT2D eigenvalue weighted by atomic mass is 19.4. The van der Waals surface area contributed by atoms with Gasteiger partial charge in [0.1, 0.15) is 12.2 Å². The molecule has 0 amide bonds. The maximum Gasteiger partial charge on any atom is 0.395 e. The van der Waals surface area contributed by atoms with Crippen molar-refractivity contribution >= 4 is 32.3 Å². The monoisotopic (exact) mass is 358 g/mol. The van der Waals surface area contributed by atoms with Crippen molar-refractivity contribution < 1.29 is 22.3 Å². The lowest BCUT2D eigenvalue weighted by Crippen LogP contribution is -2.20. The summed E-state index contributed by atoms with van der Waals surface area (Å²) in [5, 5.41) is 5.16. The number of alkyl halides is 4. The van der Waals surface area contributed by atoms with Crippen LogP contribution in [0.3, 0.4) is 0 Å². The molecule has 0 fully saturated rings. The van der Waals surface area contributed by atoms with Crippen LogP contribution in [0.5, 0.6) is 5.75 Å². The van der Waals surface area contributed by atoms with E-state index in [9.17, 15) is 17.6 Å². The molecule has 4 aromatic carbocycles. The van der Waals surface area contributed by atoms with E-state index >= 15 is 0 Å². The van der Waals surface area contributed by atoms with E-state index in [1.54, 1.807) is 6.07 Å². The highest BCUT2D eigenvalue weighted by Gasteiger charge is 2.33. The van der Waals surface area contributed by atoms with Gasteiger partial charge in [0, 0.05) is 5.39 Å². The fourth-order valence-corrected chi connectivity index (χ4v) is 3.38. The first-order valence-corrected chi connectivity index (χ1v) is 8.14. The van der Waals surface area contributed by atoms with E-state index in [1.165, 1.54) is 6.07 Å². The lowest BCUT2D eigenvalue weighted by Gasteiger charge is -2.17. The Morgan fingerprint density at radius 2 is 1.15 bits per heavy atom. The zero-order valence-electron chi connectivity index (χ0n) is 13.6. The molecule has 1 unspecified atom stereocenters. The average molecular weight is 358 g/mol. The summed E-state index contributed by atoms with van der Waals surface area (Å²) in [6.45, 7) is 0. The molecule has 5 heteroatoms. The highest BCUT2D eigenvalue weighted by Crippen LogP contribution is 2.40. The highest BCUT2D eigenvalue weighted by molar-refractivity contribution is 6.26. The van der Waals surface area contributed by atoms with Crippen molar-refractivity contribution in [2.45, 2.75) is 19.0 Å². The van der Waals surface area contributed by atoms with Crippen molar-refractivity contribution in [1.29, 1.82) is 0 Å². The number of ether oxygens (including phenoxy) is 1. The van der Waals surface area contributed by atoms with Crippen molar-refractivity contribution in [3.05, 3.63) is 66.7 Å². The molecule has 0 saturated heterocycles. The molecule has 1 nitrogen and oxygen atoms in total. The number of halogens is 4. The minimum atomic E-state index is -4.63. The van der Waals surface area contributed by atoms with E-state index in [0.717, 1.165) is 26.9 Å². The first kappa shape index (κ1) is 16.6. The van der Waals surface area contributed by atoms with Crippen molar-refractivity contribution in [2.75, 3.05) is 0 Å². The molecule has 26 heavy (non-hydrogen) atoms. The summed E-state index contributed by atoms with van der Waals surface area (Å²) in [6.07, 6.45) is -8.72. The minimum absolute atomic E-state index is 0.112. The lowest BCUT2D eigenvalue weighted by atomic mass is 9.94. The Balaban J connectivity index is 1.98. The summed E-state index contributed by atoms with van der Waals surface area (Å²) in [5.74, 6) is 0.112. The maximum atomic E-state index is 13.9.